The number of Topliss-reactive ketones (excluding diaryl/α,β-unsaturated/α-hetero) is 2. The molecule has 0 unspecified atom stereocenters. The van der Waals surface area contributed by atoms with Crippen LogP contribution in [0.15, 0.2) is 0 Å². The minimum Gasteiger partial charge on any atom is -0.481 e. The molecule has 0 radical (unpaired) electrons. The van der Waals surface area contributed by atoms with Gasteiger partial charge in [-0.15, -0.1) is 0 Å². The van der Waals surface area contributed by atoms with Gasteiger partial charge in [0.25, 0.3) is 0 Å². The summed E-state index contributed by atoms with van der Waals surface area (Å²) in [5.74, 6) is -9.22. The maximum Gasteiger partial charge on any atom is 0.326 e. The molecule has 0 aliphatic carbocycles. The molecule has 0 rings (SSSR count). The molecule has 0 aromatic rings. The first-order valence-electron chi connectivity index (χ1n) is 26.3. The number of aliphatic hydroxyl groups is 1. The van der Waals surface area contributed by atoms with Crippen molar-refractivity contribution >= 4 is 65.0 Å². The first-order chi connectivity index (χ1) is 36.4. The third-order valence-corrected chi connectivity index (χ3v) is 11.7. The predicted octanol–water partition coefficient (Wildman–Crippen LogP) is 0.872. The summed E-state index contributed by atoms with van der Waals surface area (Å²) in [6.07, 6.45) is 9.70. The number of hydrogen-bond donors (Lipinski definition) is 11. The van der Waals surface area contributed by atoms with Crippen LogP contribution in [0.4, 0.5) is 0 Å². The molecule has 4 atom stereocenters. The Hall–Kier alpha value is -5.67. The summed E-state index contributed by atoms with van der Waals surface area (Å²) in [5, 5.41) is 61.7. The number of carbonyl (C=O) groups is 11. The predicted molar refractivity (Wildman–Crippen MR) is 274 cm³/mol. The van der Waals surface area contributed by atoms with Crippen LogP contribution < -0.4 is 31.9 Å². The van der Waals surface area contributed by atoms with Gasteiger partial charge < -0.3 is 76.4 Å². The largest absolute Gasteiger partial charge is 0.481 e. The van der Waals surface area contributed by atoms with Gasteiger partial charge in [-0.1, -0.05) is 51.4 Å². The van der Waals surface area contributed by atoms with Crippen molar-refractivity contribution in [2.24, 2.45) is 5.92 Å². The molecule has 26 nitrogen and oxygen atoms in total. The van der Waals surface area contributed by atoms with Gasteiger partial charge in [0, 0.05) is 59.6 Å². The van der Waals surface area contributed by atoms with Crippen molar-refractivity contribution in [1.82, 2.24) is 31.9 Å². The van der Waals surface area contributed by atoms with E-state index in [2.05, 4.69) is 31.9 Å². The second-order valence-electron chi connectivity index (χ2n) is 18.1. The summed E-state index contributed by atoms with van der Waals surface area (Å²) in [5.41, 5.74) is 0. The van der Waals surface area contributed by atoms with Crippen LogP contribution in [0.25, 0.3) is 0 Å². The molecule has 0 saturated heterocycles. The number of likely N-dealkylation sites (N-methyl/N-ethyl adjacent to an activating group) is 1. The number of ether oxygens (including phenoxy) is 4. The molecule has 5 amide bonds. The van der Waals surface area contributed by atoms with E-state index in [1.165, 1.54) is 0 Å². The van der Waals surface area contributed by atoms with Gasteiger partial charge in [-0.3, -0.25) is 43.2 Å². The van der Waals surface area contributed by atoms with Crippen molar-refractivity contribution in [1.29, 1.82) is 0 Å². The van der Waals surface area contributed by atoms with Gasteiger partial charge in [-0.05, 0) is 58.4 Å². The highest BCUT2D eigenvalue weighted by Crippen LogP contribution is 2.15. The van der Waals surface area contributed by atoms with Crippen LogP contribution >= 0.6 is 0 Å². The standard InChI is InChI=1S/C50H86N6O20.H2/c1-51-38(41(59)33-57)14-12-13-23-52-42(60)21-18-40(50(71)72)56-45(63)20-17-36(48(67)68)32-37(58)34-75-30-28-74-27-25-54-46(64)35-76-31-29-73-26-24-53-43(61)22-19-39(49(69)70)55-44(62)15-10-8-6-4-2-3-5-7-9-11-16-47(65)66;/h36,38-40,51,57H,2-35H2,1H3,(H,52,60)(H,53,61)(H,54,64)(H,55,62)(H,56,63)(H,65,66)(H,67,68)(H,69,70)(H,71,72);1H/t36-,38+,39+,40+;/m1./s1. The van der Waals surface area contributed by atoms with Crippen molar-refractivity contribution in [2.45, 2.75) is 159 Å². The Morgan fingerprint density at radius 2 is 0.868 bits per heavy atom. The summed E-state index contributed by atoms with van der Waals surface area (Å²) in [4.78, 5) is 131. The number of carbonyl (C=O) groups excluding carboxylic acids is 7. The van der Waals surface area contributed by atoms with Gasteiger partial charge in [-0.25, -0.2) is 9.59 Å². The first kappa shape index (κ1) is 70.3. The Kier molecular flexibility index (Phi) is 43.1. The molecule has 0 aromatic heterocycles. The quantitative estimate of drug-likeness (QED) is 0.0376. The van der Waals surface area contributed by atoms with Crippen molar-refractivity contribution in [3.05, 3.63) is 0 Å². The van der Waals surface area contributed by atoms with Crippen LogP contribution in [0.2, 0.25) is 0 Å². The molecule has 0 bridgehead atoms. The highest BCUT2D eigenvalue weighted by atomic mass is 16.5. The lowest BCUT2D eigenvalue weighted by Crippen LogP contribution is -2.42. The van der Waals surface area contributed by atoms with Crippen LogP contribution in [-0.4, -0.2) is 195 Å². The molecule has 0 aliphatic rings. The highest BCUT2D eigenvalue weighted by molar-refractivity contribution is 5.87. The Bertz CT molecular complexity index is 1750. The lowest BCUT2D eigenvalue weighted by atomic mass is 9.97. The van der Waals surface area contributed by atoms with Gasteiger partial charge in [0.2, 0.25) is 29.5 Å². The van der Waals surface area contributed by atoms with Crippen molar-refractivity contribution in [3.8, 4) is 0 Å². The van der Waals surface area contributed by atoms with E-state index in [4.69, 9.17) is 29.2 Å². The normalized spacial score (nSPS) is 12.6. The van der Waals surface area contributed by atoms with Gasteiger partial charge in [0.1, 0.15) is 31.9 Å². The fraction of sp³-hybridized carbons (Fsp3) is 0.780. The fourth-order valence-electron chi connectivity index (χ4n) is 7.35. The third-order valence-electron chi connectivity index (χ3n) is 11.7. The molecule has 0 heterocycles. The van der Waals surface area contributed by atoms with E-state index >= 15 is 0 Å². The monoisotopic (exact) mass is 1090 g/mol. The average molecular weight is 1090 g/mol. The van der Waals surface area contributed by atoms with E-state index in [9.17, 15) is 68.1 Å². The van der Waals surface area contributed by atoms with Gasteiger partial charge in [-0.2, -0.15) is 0 Å². The number of nitrogens with one attached hydrogen (secondary N) is 6. The molecule has 0 saturated carbocycles. The minimum atomic E-state index is -1.41. The number of aliphatic hydroxyl groups excluding tert-OH is 1. The highest BCUT2D eigenvalue weighted by Gasteiger charge is 2.26. The lowest BCUT2D eigenvalue weighted by molar-refractivity contribution is -0.145. The molecule has 76 heavy (non-hydrogen) atoms. The third kappa shape index (κ3) is 41.6. The number of amides is 5. The average Bonchev–Trinajstić information content (AvgIpc) is 3.37. The van der Waals surface area contributed by atoms with E-state index in [0.717, 1.165) is 51.4 Å². The van der Waals surface area contributed by atoms with Crippen LogP contribution in [0.3, 0.4) is 0 Å². The van der Waals surface area contributed by atoms with Crippen molar-refractivity contribution in [3.63, 3.8) is 0 Å². The molecule has 438 valence electrons. The number of rotatable bonds is 53. The molecular weight excluding hydrogens is 1000 g/mol. The lowest BCUT2D eigenvalue weighted by Gasteiger charge is -2.16. The molecule has 0 aromatic carbocycles. The molecular formula is C50H88N6O20. The number of hydrogen-bond acceptors (Lipinski definition) is 17. The number of ketones is 2. The van der Waals surface area contributed by atoms with Crippen molar-refractivity contribution < 1.29 is 98.6 Å². The van der Waals surface area contributed by atoms with Gasteiger partial charge in [0.15, 0.2) is 11.6 Å². The Labute approximate surface area is 446 Å². The number of carboxylic acids is 4. The number of carboxylic acid groups (broad SMARTS) is 4. The zero-order chi connectivity index (χ0) is 56.8. The van der Waals surface area contributed by atoms with Crippen LogP contribution in [0.5, 0.6) is 0 Å². The van der Waals surface area contributed by atoms with Crippen LogP contribution in [-0.2, 0) is 71.7 Å². The summed E-state index contributed by atoms with van der Waals surface area (Å²) in [6.45, 7) is -0.144. The van der Waals surface area contributed by atoms with E-state index in [1.54, 1.807) is 7.05 Å². The van der Waals surface area contributed by atoms with E-state index in [0.29, 0.717) is 32.1 Å². The van der Waals surface area contributed by atoms with Gasteiger partial charge >= 0.3 is 23.9 Å². The molecule has 0 spiro atoms. The molecule has 11 N–H and O–H groups in total. The summed E-state index contributed by atoms with van der Waals surface area (Å²) in [7, 11) is 1.60. The second kappa shape index (κ2) is 46.6. The summed E-state index contributed by atoms with van der Waals surface area (Å²) in [6, 6.07) is -3.09. The Morgan fingerprint density at radius 3 is 1.36 bits per heavy atom. The van der Waals surface area contributed by atoms with Crippen LogP contribution in [0.1, 0.15) is 143 Å². The van der Waals surface area contributed by atoms with Crippen molar-refractivity contribution in [2.75, 3.05) is 86.1 Å². The Morgan fingerprint density at radius 1 is 0.421 bits per heavy atom. The maximum atomic E-state index is 12.5. The molecule has 26 heteroatoms. The van der Waals surface area contributed by atoms with E-state index < -0.39 is 97.0 Å². The zero-order valence-corrected chi connectivity index (χ0v) is 44.2. The first-order valence-corrected chi connectivity index (χ1v) is 26.3. The fourth-order valence-corrected chi connectivity index (χ4v) is 7.35. The zero-order valence-electron chi connectivity index (χ0n) is 44.2. The van der Waals surface area contributed by atoms with Crippen LogP contribution in [0, 0.1) is 5.92 Å². The Balaban J connectivity index is 0. The smallest absolute Gasteiger partial charge is 0.326 e. The van der Waals surface area contributed by atoms with E-state index in [-0.39, 0.29) is 130 Å². The molecule has 0 aliphatic heterocycles. The summed E-state index contributed by atoms with van der Waals surface area (Å²) >= 11 is 0. The van der Waals surface area contributed by atoms with E-state index in [1.807, 2.05) is 0 Å². The number of unbranched alkanes of at least 4 members (excludes halogenated alkanes) is 10. The SMILES string of the molecule is CN[C@@H](CCCCNC(=O)CC[C@H](NC(=O)CC[C@H](CC(=O)COCCOCCNC(=O)COCCOCCNC(=O)CC[C@H](NC(=O)CCCCCCCCCCCCC(=O)O)C(=O)O)C(=O)O)C(=O)O)C(=O)CO.[HH]. The topological polar surface area (TPSA) is 398 Å². The second-order valence-corrected chi connectivity index (χ2v) is 18.1. The minimum absolute atomic E-state index is 0. The number of aliphatic carboxylic acids is 4. The maximum absolute atomic E-state index is 12.5. The van der Waals surface area contributed by atoms with Gasteiger partial charge in [0.05, 0.1) is 51.6 Å². The summed E-state index contributed by atoms with van der Waals surface area (Å²) < 4.78 is 21.2. The molecule has 0 fully saturated rings.